The van der Waals surface area contributed by atoms with Gasteiger partial charge in [-0.05, 0) is 21.5 Å². The van der Waals surface area contributed by atoms with Gasteiger partial charge in [0.2, 0.25) is 0 Å². The lowest BCUT2D eigenvalue weighted by Crippen LogP contribution is -1.97. The van der Waals surface area contributed by atoms with Gasteiger partial charge in [0.05, 0.1) is 11.0 Å². The SMILES string of the molecule is N#Cc1nc2c3ccccc3c3c4ccccc4ccc3c2nc1C#N. The van der Waals surface area contributed by atoms with Gasteiger partial charge >= 0.3 is 0 Å². The van der Waals surface area contributed by atoms with Crippen LogP contribution in [0.25, 0.3) is 43.4 Å². The molecule has 0 amide bonds. The van der Waals surface area contributed by atoms with Gasteiger partial charge in [-0.25, -0.2) is 9.97 Å². The third kappa shape index (κ3) is 1.81. The smallest absolute Gasteiger partial charge is 0.177 e. The summed E-state index contributed by atoms with van der Waals surface area (Å²) in [5.41, 5.74) is 1.42. The van der Waals surface area contributed by atoms with E-state index in [4.69, 9.17) is 0 Å². The van der Waals surface area contributed by atoms with E-state index in [9.17, 15) is 10.5 Å². The Hall–Kier alpha value is -4.02. The molecule has 0 saturated heterocycles. The molecule has 0 atom stereocenters. The summed E-state index contributed by atoms with van der Waals surface area (Å²) in [6.45, 7) is 0. The van der Waals surface area contributed by atoms with Crippen molar-refractivity contribution in [2.24, 2.45) is 0 Å². The number of rotatable bonds is 0. The van der Waals surface area contributed by atoms with Crippen molar-refractivity contribution in [1.29, 1.82) is 10.5 Å². The Morgan fingerprint density at radius 2 is 1.15 bits per heavy atom. The first-order valence-electron chi connectivity index (χ1n) is 8.16. The Balaban J connectivity index is 2.18. The molecule has 0 spiro atoms. The molecule has 4 heteroatoms. The summed E-state index contributed by atoms with van der Waals surface area (Å²) in [5, 5.41) is 25.0. The number of nitrogens with zero attached hydrogens (tertiary/aromatic N) is 4. The highest BCUT2D eigenvalue weighted by molar-refractivity contribution is 6.29. The molecule has 0 aliphatic rings. The van der Waals surface area contributed by atoms with E-state index in [1.54, 1.807) is 0 Å². The molecule has 5 aromatic rings. The molecule has 0 bridgehead atoms. The Labute approximate surface area is 148 Å². The largest absolute Gasteiger partial charge is 0.232 e. The Bertz CT molecular complexity index is 1450. The van der Waals surface area contributed by atoms with Crippen molar-refractivity contribution in [1.82, 2.24) is 9.97 Å². The minimum Gasteiger partial charge on any atom is -0.232 e. The predicted octanol–water partition coefficient (Wildman–Crippen LogP) is 4.83. The molecule has 0 aliphatic carbocycles. The monoisotopic (exact) mass is 330 g/mol. The zero-order valence-electron chi connectivity index (χ0n) is 13.6. The van der Waals surface area contributed by atoms with E-state index >= 15 is 0 Å². The first kappa shape index (κ1) is 14.3. The van der Waals surface area contributed by atoms with Gasteiger partial charge in [-0.15, -0.1) is 0 Å². The maximum Gasteiger partial charge on any atom is 0.177 e. The van der Waals surface area contributed by atoms with Crippen LogP contribution in [0.4, 0.5) is 0 Å². The van der Waals surface area contributed by atoms with Gasteiger partial charge in [-0.1, -0.05) is 60.7 Å². The summed E-state index contributed by atoms with van der Waals surface area (Å²) >= 11 is 0. The van der Waals surface area contributed by atoms with E-state index in [0.717, 1.165) is 32.3 Å². The lowest BCUT2D eigenvalue weighted by atomic mass is 9.94. The molecule has 0 unspecified atom stereocenters. The third-order valence-electron chi connectivity index (χ3n) is 4.74. The zero-order chi connectivity index (χ0) is 17.7. The standard InChI is InChI=1S/C22H10N4/c23-11-18-19(12-24)26-22-17-10-9-13-5-1-2-6-14(13)20(17)15-7-3-4-8-16(15)21(22)25-18/h1-10H. The number of hydrogen-bond donors (Lipinski definition) is 0. The molecule has 4 nitrogen and oxygen atoms in total. The van der Waals surface area contributed by atoms with Gasteiger partial charge in [0.15, 0.2) is 11.4 Å². The van der Waals surface area contributed by atoms with Crippen LogP contribution in [0.5, 0.6) is 0 Å². The second kappa shape index (κ2) is 5.24. The number of benzene rings is 4. The van der Waals surface area contributed by atoms with Gasteiger partial charge in [-0.2, -0.15) is 10.5 Å². The van der Waals surface area contributed by atoms with Gasteiger partial charge in [0.25, 0.3) is 0 Å². The van der Waals surface area contributed by atoms with Crippen LogP contribution in [-0.4, -0.2) is 9.97 Å². The molecule has 1 aromatic heterocycles. The van der Waals surface area contributed by atoms with Gasteiger partial charge in [0.1, 0.15) is 12.1 Å². The molecule has 4 aromatic carbocycles. The van der Waals surface area contributed by atoms with Gasteiger partial charge in [-0.3, -0.25) is 0 Å². The summed E-state index contributed by atoms with van der Waals surface area (Å²) in [4.78, 5) is 8.98. The van der Waals surface area contributed by atoms with Gasteiger partial charge in [0, 0.05) is 10.8 Å². The summed E-state index contributed by atoms with van der Waals surface area (Å²) in [6.07, 6.45) is 0. The molecule has 0 aliphatic heterocycles. The first-order valence-corrected chi connectivity index (χ1v) is 8.16. The van der Waals surface area contributed by atoms with Crippen molar-refractivity contribution >= 4 is 43.4 Å². The zero-order valence-corrected chi connectivity index (χ0v) is 13.6. The quantitative estimate of drug-likeness (QED) is 0.381. The predicted molar refractivity (Wildman–Crippen MR) is 101 cm³/mol. The Kier molecular flexibility index (Phi) is 2.89. The van der Waals surface area contributed by atoms with Crippen LogP contribution in [0.15, 0.2) is 60.7 Å². The molecule has 0 saturated carbocycles. The van der Waals surface area contributed by atoms with Crippen LogP contribution < -0.4 is 0 Å². The second-order valence-corrected chi connectivity index (χ2v) is 6.10. The average Bonchev–Trinajstić information content (AvgIpc) is 2.72. The molecular formula is C22H10N4. The van der Waals surface area contributed by atoms with Crippen molar-refractivity contribution in [2.75, 3.05) is 0 Å². The van der Waals surface area contributed by atoms with E-state index < -0.39 is 0 Å². The fourth-order valence-corrected chi connectivity index (χ4v) is 3.63. The van der Waals surface area contributed by atoms with Crippen molar-refractivity contribution in [3.63, 3.8) is 0 Å². The van der Waals surface area contributed by atoms with Crippen LogP contribution in [0.1, 0.15) is 11.4 Å². The van der Waals surface area contributed by atoms with E-state index in [0.29, 0.717) is 11.0 Å². The summed E-state index contributed by atoms with van der Waals surface area (Å²) < 4.78 is 0. The first-order chi connectivity index (χ1) is 12.8. The summed E-state index contributed by atoms with van der Waals surface area (Å²) in [7, 11) is 0. The lowest BCUT2D eigenvalue weighted by molar-refractivity contribution is 1.21. The molecule has 0 radical (unpaired) electrons. The molecule has 118 valence electrons. The highest BCUT2D eigenvalue weighted by Gasteiger charge is 2.16. The number of hydrogen-bond acceptors (Lipinski definition) is 4. The molecule has 1 heterocycles. The van der Waals surface area contributed by atoms with Crippen molar-refractivity contribution < 1.29 is 0 Å². The average molecular weight is 330 g/mol. The van der Waals surface area contributed by atoms with Gasteiger partial charge < -0.3 is 0 Å². The van der Waals surface area contributed by atoms with Crippen LogP contribution in [0.2, 0.25) is 0 Å². The van der Waals surface area contributed by atoms with Crippen LogP contribution in [0, 0.1) is 22.7 Å². The van der Waals surface area contributed by atoms with Crippen molar-refractivity contribution in [3.05, 3.63) is 72.1 Å². The van der Waals surface area contributed by atoms with E-state index in [1.165, 1.54) is 0 Å². The molecular weight excluding hydrogens is 320 g/mol. The van der Waals surface area contributed by atoms with E-state index in [-0.39, 0.29) is 11.4 Å². The lowest BCUT2D eigenvalue weighted by Gasteiger charge is -2.12. The van der Waals surface area contributed by atoms with Crippen LogP contribution >= 0.6 is 0 Å². The number of fused-ring (bicyclic) bond motifs is 8. The van der Waals surface area contributed by atoms with Crippen molar-refractivity contribution in [3.8, 4) is 12.1 Å². The highest BCUT2D eigenvalue weighted by atomic mass is 14.8. The molecule has 26 heavy (non-hydrogen) atoms. The van der Waals surface area contributed by atoms with E-state index in [2.05, 4.69) is 34.2 Å². The summed E-state index contributed by atoms with van der Waals surface area (Å²) in [6, 6.07) is 24.3. The topological polar surface area (TPSA) is 73.4 Å². The van der Waals surface area contributed by atoms with Crippen LogP contribution in [0.3, 0.4) is 0 Å². The molecule has 5 rings (SSSR count). The highest BCUT2D eigenvalue weighted by Crippen LogP contribution is 2.37. The summed E-state index contributed by atoms with van der Waals surface area (Å²) in [5.74, 6) is 0. The van der Waals surface area contributed by atoms with E-state index in [1.807, 2.05) is 48.5 Å². The minimum absolute atomic E-state index is 0.0599. The normalized spacial score (nSPS) is 11.0. The van der Waals surface area contributed by atoms with Crippen molar-refractivity contribution in [2.45, 2.75) is 0 Å². The molecule has 0 N–H and O–H groups in total. The minimum atomic E-state index is 0.0599. The maximum absolute atomic E-state index is 9.36. The maximum atomic E-state index is 9.36. The number of aromatic nitrogens is 2. The Morgan fingerprint density at radius 1 is 0.577 bits per heavy atom. The Morgan fingerprint density at radius 3 is 1.85 bits per heavy atom. The fourth-order valence-electron chi connectivity index (χ4n) is 3.63. The molecule has 0 fully saturated rings. The van der Waals surface area contributed by atoms with Crippen LogP contribution in [-0.2, 0) is 0 Å². The third-order valence-corrected chi connectivity index (χ3v) is 4.74. The second-order valence-electron chi connectivity index (χ2n) is 6.10. The number of nitriles is 2. The fraction of sp³-hybridized carbons (Fsp3) is 0.